The zero-order chi connectivity index (χ0) is 22.7. The van der Waals surface area contributed by atoms with Crippen LogP contribution >= 0.6 is 0 Å². The Morgan fingerprint density at radius 1 is 1.12 bits per heavy atom. The summed E-state index contributed by atoms with van der Waals surface area (Å²) >= 11 is 0. The molecule has 1 saturated heterocycles. The van der Waals surface area contributed by atoms with Crippen LogP contribution in [0.15, 0.2) is 75.3 Å². The van der Waals surface area contributed by atoms with Crippen molar-refractivity contribution < 1.29 is 22.4 Å². The van der Waals surface area contributed by atoms with Crippen molar-refractivity contribution in [3.8, 4) is 0 Å². The molecule has 0 aliphatic carbocycles. The van der Waals surface area contributed by atoms with Crippen molar-refractivity contribution >= 4 is 32.6 Å². The molecule has 166 valence electrons. The van der Waals surface area contributed by atoms with Crippen LogP contribution in [0.2, 0.25) is 0 Å². The number of anilines is 1. The summed E-state index contributed by atoms with van der Waals surface area (Å²) in [6.07, 6.45) is 2.24. The van der Waals surface area contributed by atoms with Crippen molar-refractivity contribution in [3.63, 3.8) is 0 Å². The molecule has 0 radical (unpaired) electrons. The number of hydrogen-bond acceptors (Lipinski definition) is 6. The molecule has 1 N–H and O–H groups in total. The van der Waals surface area contributed by atoms with Gasteiger partial charge >= 0.3 is 5.63 Å². The van der Waals surface area contributed by atoms with Gasteiger partial charge in [0.1, 0.15) is 11.1 Å². The Balaban J connectivity index is 1.55. The first-order chi connectivity index (χ1) is 15.4. The van der Waals surface area contributed by atoms with Gasteiger partial charge in [-0.1, -0.05) is 24.3 Å². The highest BCUT2D eigenvalue weighted by atomic mass is 32.2. The quantitative estimate of drug-likeness (QED) is 0.454. The summed E-state index contributed by atoms with van der Waals surface area (Å²) in [4.78, 5) is 25.2. The first-order valence-corrected chi connectivity index (χ1v) is 11.5. The van der Waals surface area contributed by atoms with Crippen LogP contribution in [-0.4, -0.2) is 44.9 Å². The molecular weight excluding hydrogens is 432 g/mol. The van der Waals surface area contributed by atoms with Gasteiger partial charge in [0.15, 0.2) is 0 Å². The fraction of sp³-hybridized carbons (Fsp3) is 0.217. The molecule has 4 rings (SSSR count). The Morgan fingerprint density at radius 2 is 1.84 bits per heavy atom. The number of nitrogens with zero attached hydrogens (tertiary/aromatic N) is 1. The SMILES string of the molecule is C=CCc1cccc2cc(C(=O)Nc3ccc(S(=O)(=O)N4CCOCC4)cc3)c(=O)oc12. The fourth-order valence-electron chi connectivity index (χ4n) is 3.52. The monoisotopic (exact) mass is 454 g/mol. The van der Waals surface area contributed by atoms with Crippen LogP contribution in [-0.2, 0) is 21.2 Å². The van der Waals surface area contributed by atoms with Gasteiger partial charge in [0.2, 0.25) is 10.0 Å². The third-order valence-electron chi connectivity index (χ3n) is 5.17. The van der Waals surface area contributed by atoms with E-state index in [2.05, 4.69) is 11.9 Å². The molecule has 1 amide bonds. The first-order valence-electron chi connectivity index (χ1n) is 10.1. The number of nitrogens with one attached hydrogen (secondary N) is 1. The standard InChI is InChI=1S/C23H22N2O6S/c1-2-4-16-5-3-6-17-15-20(23(27)31-21(16)17)22(26)24-18-7-9-19(10-8-18)32(28,29)25-11-13-30-14-12-25/h2-3,5-10,15H,1,4,11-14H2,(H,24,26). The lowest BCUT2D eigenvalue weighted by atomic mass is 10.1. The molecule has 32 heavy (non-hydrogen) atoms. The number of morpholine rings is 1. The zero-order valence-electron chi connectivity index (χ0n) is 17.2. The van der Waals surface area contributed by atoms with Crippen LogP contribution in [0, 0.1) is 0 Å². The average molecular weight is 455 g/mol. The van der Waals surface area contributed by atoms with Gasteiger partial charge in [-0.05, 0) is 42.3 Å². The van der Waals surface area contributed by atoms with E-state index in [4.69, 9.17) is 9.15 Å². The number of para-hydroxylation sites is 1. The molecule has 0 spiro atoms. The van der Waals surface area contributed by atoms with E-state index in [1.54, 1.807) is 12.1 Å². The number of carbonyl (C=O) groups excluding carboxylic acids is 1. The molecule has 1 aromatic heterocycles. The van der Waals surface area contributed by atoms with Crippen molar-refractivity contribution in [2.45, 2.75) is 11.3 Å². The second kappa shape index (κ2) is 9.07. The van der Waals surface area contributed by atoms with Gasteiger partial charge in [-0.15, -0.1) is 6.58 Å². The number of rotatable bonds is 6. The highest BCUT2D eigenvalue weighted by Crippen LogP contribution is 2.21. The second-order valence-corrected chi connectivity index (χ2v) is 9.21. The molecular formula is C23H22N2O6S. The van der Waals surface area contributed by atoms with Gasteiger partial charge in [-0.25, -0.2) is 13.2 Å². The normalized spacial score (nSPS) is 14.9. The molecule has 1 aliphatic heterocycles. The maximum atomic E-state index is 12.7. The number of allylic oxidation sites excluding steroid dienone is 1. The summed E-state index contributed by atoms with van der Waals surface area (Å²) < 4.78 is 37.4. The number of carbonyl (C=O) groups is 1. The molecule has 0 bridgehead atoms. The van der Waals surface area contributed by atoms with Gasteiger partial charge in [0.25, 0.3) is 5.91 Å². The van der Waals surface area contributed by atoms with Gasteiger partial charge in [-0.3, -0.25) is 4.79 Å². The van der Waals surface area contributed by atoms with E-state index in [-0.39, 0.29) is 10.5 Å². The molecule has 9 heteroatoms. The largest absolute Gasteiger partial charge is 0.422 e. The Labute approximate surface area is 185 Å². The molecule has 2 heterocycles. The maximum absolute atomic E-state index is 12.7. The third-order valence-corrected chi connectivity index (χ3v) is 7.08. The first kappa shape index (κ1) is 21.9. The van der Waals surface area contributed by atoms with Crippen LogP contribution < -0.4 is 10.9 Å². The lowest BCUT2D eigenvalue weighted by Crippen LogP contribution is -2.40. The minimum Gasteiger partial charge on any atom is -0.422 e. The van der Waals surface area contributed by atoms with Crippen LogP contribution in [0.1, 0.15) is 15.9 Å². The van der Waals surface area contributed by atoms with Crippen LogP contribution in [0.5, 0.6) is 0 Å². The van der Waals surface area contributed by atoms with Gasteiger partial charge in [0, 0.05) is 24.2 Å². The van der Waals surface area contributed by atoms with E-state index < -0.39 is 21.6 Å². The Morgan fingerprint density at radius 3 is 2.53 bits per heavy atom. The van der Waals surface area contributed by atoms with E-state index in [9.17, 15) is 18.0 Å². The minimum atomic E-state index is -3.63. The highest BCUT2D eigenvalue weighted by Gasteiger charge is 2.26. The van der Waals surface area contributed by atoms with Crippen LogP contribution in [0.3, 0.4) is 0 Å². The molecule has 0 unspecified atom stereocenters. The third kappa shape index (κ3) is 4.36. The molecule has 1 fully saturated rings. The fourth-order valence-corrected chi connectivity index (χ4v) is 4.93. The number of fused-ring (bicyclic) bond motifs is 1. The van der Waals surface area contributed by atoms with Gasteiger partial charge in [0.05, 0.1) is 18.1 Å². The van der Waals surface area contributed by atoms with Crippen molar-refractivity contribution in [2.75, 3.05) is 31.6 Å². The highest BCUT2D eigenvalue weighted by molar-refractivity contribution is 7.89. The number of ether oxygens (including phenoxy) is 1. The predicted molar refractivity (Wildman–Crippen MR) is 120 cm³/mol. The predicted octanol–water partition coefficient (Wildman–Crippen LogP) is 2.79. The average Bonchev–Trinajstić information content (AvgIpc) is 2.80. The van der Waals surface area contributed by atoms with Crippen molar-refractivity contribution in [3.05, 3.63) is 82.7 Å². The van der Waals surface area contributed by atoms with Gasteiger partial charge < -0.3 is 14.5 Å². The lowest BCUT2D eigenvalue weighted by Gasteiger charge is -2.26. The second-order valence-electron chi connectivity index (χ2n) is 7.27. The summed E-state index contributed by atoms with van der Waals surface area (Å²) in [7, 11) is -3.63. The molecule has 8 nitrogen and oxygen atoms in total. The summed E-state index contributed by atoms with van der Waals surface area (Å²) in [5.74, 6) is -0.640. The Bertz CT molecular complexity index is 1320. The van der Waals surface area contributed by atoms with Crippen molar-refractivity contribution in [2.24, 2.45) is 0 Å². The summed E-state index contributed by atoms with van der Waals surface area (Å²) in [6, 6.07) is 12.7. The number of benzene rings is 2. The van der Waals surface area contributed by atoms with E-state index in [0.29, 0.717) is 49.4 Å². The number of hydrogen-bond donors (Lipinski definition) is 1. The van der Waals surface area contributed by atoms with Crippen molar-refractivity contribution in [1.29, 1.82) is 0 Å². The number of amides is 1. The van der Waals surface area contributed by atoms with Crippen LogP contribution in [0.4, 0.5) is 5.69 Å². The summed E-state index contributed by atoms with van der Waals surface area (Å²) in [5.41, 5.74) is 0.692. The van der Waals surface area contributed by atoms with E-state index in [0.717, 1.165) is 5.56 Å². The Hall–Kier alpha value is -3.27. The zero-order valence-corrected chi connectivity index (χ0v) is 18.1. The minimum absolute atomic E-state index is 0.123. The van der Waals surface area contributed by atoms with E-state index in [1.807, 2.05) is 12.1 Å². The van der Waals surface area contributed by atoms with Crippen LogP contribution in [0.25, 0.3) is 11.0 Å². The van der Waals surface area contributed by atoms with Gasteiger partial charge in [-0.2, -0.15) is 4.31 Å². The van der Waals surface area contributed by atoms with Crippen molar-refractivity contribution in [1.82, 2.24) is 4.31 Å². The summed E-state index contributed by atoms with van der Waals surface area (Å²) in [5, 5.41) is 3.24. The molecule has 0 atom stereocenters. The smallest absolute Gasteiger partial charge is 0.349 e. The topological polar surface area (TPSA) is 106 Å². The van der Waals surface area contributed by atoms with E-state index >= 15 is 0 Å². The Kier molecular flexibility index (Phi) is 6.22. The maximum Gasteiger partial charge on any atom is 0.349 e. The molecule has 3 aromatic rings. The van der Waals surface area contributed by atoms with E-state index in [1.165, 1.54) is 34.6 Å². The summed E-state index contributed by atoms with van der Waals surface area (Å²) in [6.45, 7) is 5.01. The molecule has 2 aromatic carbocycles. The molecule has 1 aliphatic rings. The molecule has 0 saturated carbocycles. The number of sulfonamides is 1. The lowest BCUT2D eigenvalue weighted by molar-refractivity contribution is 0.0730.